The number of carbonyl (C=O) groups is 1. The quantitative estimate of drug-likeness (QED) is 0.602. The lowest BCUT2D eigenvalue weighted by Gasteiger charge is -2.09. The average Bonchev–Trinajstić information content (AvgIpc) is 3.12. The highest BCUT2D eigenvalue weighted by atomic mass is 16.5. The number of benzene rings is 2. The van der Waals surface area contributed by atoms with Crippen LogP contribution in [0.1, 0.15) is 21.6 Å². The molecule has 0 spiro atoms. The lowest BCUT2D eigenvalue weighted by Crippen LogP contribution is -2.12. The van der Waals surface area contributed by atoms with Gasteiger partial charge in [-0.3, -0.25) is 4.79 Å². The Morgan fingerprint density at radius 3 is 2.71 bits per heavy atom. The summed E-state index contributed by atoms with van der Waals surface area (Å²) in [5.74, 6) is 0.0144. The van der Waals surface area contributed by atoms with Crippen molar-refractivity contribution in [3.63, 3.8) is 0 Å². The maximum absolute atomic E-state index is 12.8. The first-order valence-corrected chi connectivity index (χ1v) is 8.71. The second kappa shape index (κ2) is 6.61. The number of allylic oxidation sites excluding steroid dienone is 1. The zero-order valence-electron chi connectivity index (χ0n) is 15.7. The molecule has 0 saturated carbocycles. The number of hydrogen-bond donors (Lipinski definition) is 3. The summed E-state index contributed by atoms with van der Waals surface area (Å²) in [4.78, 5) is 18.2. The number of ether oxygens (including phenoxy) is 2. The number of aromatic amines is 1. The summed E-state index contributed by atoms with van der Waals surface area (Å²) in [5, 5.41) is 20.6. The predicted molar refractivity (Wildman–Crippen MR) is 105 cm³/mol. The van der Waals surface area contributed by atoms with E-state index in [1.54, 1.807) is 13.2 Å². The highest BCUT2D eigenvalue weighted by molar-refractivity contribution is 6.17. The molecule has 144 valence electrons. The highest BCUT2D eigenvalue weighted by Gasteiger charge is 2.32. The van der Waals surface area contributed by atoms with Crippen molar-refractivity contribution >= 4 is 22.8 Å². The van der Waals surface area contributed by atoms with Crippen LogP contribution in [0.2, 0.25) is 0 Å². The van der Waals surface area contributed by atoms with Crippen LogP contribution in [-0.2, 0) is 6.54 Å². The van der Waals surface area contributed by atoms with Gasteiger partial charge in [-0.2, -0.15) is 0 Å². The molecule has 7 nitrogen and oxygen atoms in total. The van der Waals surface area contributed by atoms with Gasteiger partial charge in [0.25, 0.3) is 0 Å². The fraction of sp³-hybridized carbons (Fsp3) is 0.190. The summed E-state index contributed by atoms with van der Waals surface area (Å²) in [6, 6.07) is 8.12. The van der Waals surface area contributed by atoms with Crippen LogP contribution in [0.4, 0.5) is 0 Å². The first-order chi connectivity index (χ1) is 13.4. The smallest absolute Gasteiger partial charge is 0.235 e. The average molecular weight is 380 g/mol. The molecule has 3 N–H and O–H groups in total. The molecule has 0 fully saturated rings. The lowest BCUT2D eigenvalue weighted by molar-refractivity contribution is 0.101. The largest absolute Gasteiger partial charge is 0.508 e. The fourth-order valence-corrected chi connectivity index (χ4v) is 3.39. The predicted octanol–water partition coefficient (Wildman–Crippen LogP) is 3.27. The van der Waals surface area contributed by atoms with Crippen LogP contribution in [0.25, 0.3) is 17.0 Å². The number of phenols is 2. The van der Waals surface area contributed by atoms with Gasteiger partial charge in [0.1, 0.15) is 28.6 Å². The Morgan fingerprint density at radius 2 is 2.00 bits per heavy atom. The first-order valence-electron chi connectivity index (χ1n) is 8.71. The topological polar surface area (TPSA) is 95.0 Å². The van der Waals surface area contributed by atoms with Crippen molar-refractivity contribution in [1.82, 2.24) is 9.88 Å². The minimum Gasteiger partial charge on any atom is -0.508 e. The second-order valence-electron chi connectivity index (χ2n) is 6.94. The van der Waals surface area contributed by atoms with Gasteiger partial charge in [-0.1, -0.05) is 0 Å². The number of hydrogen-bond acceptors (Lipinski definition) is 6. The van der Waals surface area contributed by atoms with E-state index in [0.29, 0.717) is 12.3 Å². The molecule has 0 radical (unpaired) electrons. The molecule has 1 aliphatic rings. The van der Waals surface area contributed by atoms with Gasteiger partial charge < -0.3 is 29.6 Å². The van der Waals surface area contributed by atoms with E-state index in [-0.39, 0.29) is 28.6 Å². The molecule has 28 heavy (non-hydrogen) atoms. The Kier molecular flexibility index (Phi) is 4.24. The van der Waals surface area contributed by atoms with Crippen LogP contribution < -0.4 is 9.47 Å². The molecule has 4 rings (SSSR count). The fourth-order valence-electron chi connectivity index (χ4n) is 3.39. The number of ketones is 1. The standard InChI is InChI=1S/C21H20N2O5/c1-23(2)10-16-14(13-8-12(27-3)4-5-15(13)22-16)9-19-21(26)20-17(25)6-11(24)7-18(20)28-19/h4-9,22,24-25H,10H2,1-3H3/b19-9-. The third kappa shape index (κ3) is 2.95. The number of carbonyl (C=O) groups excluding carboxylic acids is 1. The van der Waals surface area contributed by atoms with Crippen LogP contribution in [-0.4, -0.2) is 47.1 Å². The van der Waals surface area contributed by atoms with E-state index in [1.165, 1.54) is 6.07 Å². The van der Waals surface area contributed by atoms with E-state index in [2.05, 4.69) is 4.98 Å². The molecule has 0 bridgehead atoms. The summed E-state index contributed by atoms with van der Waals surface area (Å²) in [6.45, 7) is 0.628. The van der Waals surface area contributed by atoms with E-state index in [1.807, 2.05) is 37.2 Å². The molecule has 1 aromatic heterocycles. The molecular weight excluding hydrogens is 360 g/mol. The minimum absolute atomic E-state index is 0.0515. The molecule has 2 heterocycles. The molecule has 0 amide bonds. The van der Waals surface area contributed by atoms with Gasteiger partial charge in [-0.15, -0.1) is 0 Å². The molecule has 3 aromatic rings. The number of phenolic OH excluding ortho intramolecular Hbond substituents is 2. The third-order valence-electron chi connectivity index (χ3n) is 4.61. The van der Waals surface area contributed by atoms with Crippen LogP contribution in [0.3, 0.4) is 0 Å². The van der Waals surface area contributed by atoms with E-state index in [0.717, 1.165) is 28.2 Å². The Morgan fingerprint density at radius 1 is 1.21 bits per heavy atom. The summed E-state index contributed by atoms with van der Waals surface area (Å²) in [5.41, 5.74) is 2.69. The Bertz CT molecular complexity index is 1130. The van der Waals surface area contributed by atoms with Gasteiger partial charge in [-0.05, 0) is 38.4 Å². The second-order valence-corrected chi connectivity index (χ2v) is 6.94. The third-order valence-corrected chi connectivity index (χ3v) is 4.61. The highest BCUT2D eigenvalue weighted by Crippen LogP contribution is 2.41. The van der Waals surface area contributed by atoms with Crippen LogP contribution in [0, 0.1) is 0 Å². The Hall–Kier alpha value is -3.45. The number of nitrogens with one attached hydrogen (secondary N) is 1. The Labute approximate surface area is 161 Å². The number of fused-ring (bicyclic) bond motifs is 2. The molecule has 0 unspecified atom stereocenters. The minimum atomic E-state index is -0.430. The SMILES string of the molecule is COc1ccc2[nH]c(CN(C)C)c(/C=C3\Oc4cc(O)cc(O)c4C3=O)c2c1. The molecular formula is C21H20N2O5. The van der Waals surface area contributed by atoms with E-state index < -0.39 is 5.78 Å². The number of Topliss-reactive ketones (excluding diaryl/α,β-unsaturated/α-hetero) is 1. The molecule has 1 aliphatic heterocycles. The number of H-pyrrole nitrogens is 1. The summed E-state index contributed by atoms with van der Waals surface area (Å²) in [6.07, 6.45) is 1.66. The van der Waals surface area contributed by atoms with Gasteiger partial charge in [0.05, 0.1) is 7.11 Å². The molecule has 0 aliphatic carbocycles. The normalized spacial score (nSPS) is 14.7. The molecule has 0 atom stereocenters. The van der Waals surface area contributed by atoms with Crippen LogP contribution in [0.15, 0.2) is 36.1 Å². The number of methoxy groups -OCH3 is 1. The lowest BCUT2D eigenvalue weighted by atomic mass is 10.1. The van der Waals surface area contributed by atoms with Crippen molar-refractivity contribution in [2.45, 2.75) is 6.54 Å². The van der Waals surface area contributed by atoms with Crippen molar-refractivity contribution in [2.24, 2.45) is 0 Å². The number of aromatic nitrogens is 1. The van der Waals surface area contributed by atoms with Crippen molar-refractivity contribution in [1.29, 1.82) is 0 Å². The van der Waals surface area contributed by atoms with E-state index in [4.69, 9.17) is 9.47 Å². The van der Waals surface area contributed by atoms with Crippen LogP contribution in [0.5, 0.6) is 23.0 Å². The monoisotopic (exact) mass is 380 g/mol. The Balaban J connectivity index is 1.86. The van der Waals surface area contributed by atoms with E-state index >= 15 is 0 Å². The summed E-state index contributed by atoms with van der Waals surface area (Å²) in [7, 11) is 5.51. The number of rotatable bonds is 4. The van der Waals surface area contributed by atoms with E-state index in [9.17, 15) is 15.0 Å². The number of nitrogens with zero attached hydrogens (tertiary/aromatic N) is 1. The molecule has 2 aromatic carbocycles. The van der Waals surface area contributed by atoms with Crippen molar-refractivity contribution < 1.29 is 24.5 Å². The summed E-state index contributed by atoms with van der Waals surface area (Å²) >= 11 is 0. The van der Waals surface area contributed by atoms with Gasteiger partial charge in [0.15, 0.2) is 5.76 Å². The zero-order valence-corrected chi connectivity index (χ0v) is 15.7. The first kappa shape index (κ1) is 17.9. The zero-order chi connectivity index (χ0) is 20.0. The van der Waals surface area contributed by atoms with Gasteiger partial charge in [0, 0.05) is 40.8 Å². The summed E-state index contributed by atoms with van der Waals surface area (Å²) < 4.78 is 11.0. The van der Waals surface area contributed by atoms with Crippen molar-refractivity contribution in [3.8, 4) is 23.0 Å². The van der Waals surface area contributed by atoms with Gasteiger partial charge in [0.2, 0.25) is 5.78 Å². The van der Waals surface area contributed by atoms with Gasteiger partial charge in [-0.25, -0.2) is 0 Å². The molecule has 7 heteroatoms. The maximum Gasteiger partial charge on any atom is 0.235 e. The maximum atomic E-state index is 12.8. The van der Waals surface area contributed by atoms with Crippen LogP contribution >= 0.6 is 0 Å². The van der Waals surface area contributed by atoms with Gasteiger partial charge >= 0.3 is 0 Å². The number of aromatic hydroxyl groups is 2. The molecule has 0 saturated heterocycles. The van der Waals surface area contributed by atoms with Crippen molar-refractivity contribution in [2.75, 3.05) is 21.2 Å². The van der Waals surface area contributed by atoms with Crippen molar-refractivity contribution in [3.05, 3.63) is 52.9 Å².